The van der Waals surface area contributed by atoms with Gasteiger partial charge in [-0.25, -0.2) is 0 Å². The van der Waals surface area contributed by atoms with E-state index in [9.17, 15) is 22.8 Å². The summed E-state index contributed by atoms with van der Waals surface area (Å²) in [6.45, 7) is 1.25. The van der Waals surface area contributed by atoms with Gasteiger partial charge in [-0.15, -0.1) is 11.8 Å². The lowest BCUT2D eigenvalue weighted by molar-refractivity contribution is -0.138. The highest BCUT2D eigenvalue weighted by molar-refractivity contribution is 8.00. The molecule has 1 aliphatic rings. The lowest BCUT2D eigenvalue weighted by atomic mass is 9.99. The summed E-state index contributed by atoms with van der Waals surface area (Å²) in [7, 11) is 0. The summed E-state index contributed by atoms with van der Waals surface area (Å²) >= 11 is 1.60. The number of amides is 2. The summed E-state index contributed by atoms with van der Waals surface area (Å²) in [6.07, 6.45) is -3.30. The Balaban J connectivity index is 1.65. The molecule has 2 aromatic rings. The Hall–Kier alpha value is -2.52. The number of halogens is 3. The number of carbonyl (C=O) groups is 2. The molecule has 1 saturated heterocycles. The number of alkyl halides is 3. The number of rotatable bonds is 5. The summed E-state index contributed by atoms with van der Waals surface area (Å²) in [4.78, 5) is 25.5. The van der Waals surface area contributed by atoms with Gasteiger partial charge in [0.25, 0.3) is 0 Å². The van der Waals surface area contributed by atoms with Gasteiger partial charge in [0.2, 0.25) is 0 Å². The Morgan fingerprint density at radius 2 is 1.60 bits per heavy atom. The van der Waals surface area contributed by atoms with E-state index >= 15 is 0 Å². The Labute approximate surface area is 176 Å². The van der Waals surface area contributed by atoms with Crippen molar-refractivity contribution in [3.8, 4) is 0 Å². The monoisotopic (exact) mass is 438 g/mol. The van der Waals surface area contributed by atoms with Crippen molar-refractivity contribution in [2.75, 3.05) is 25.1 Å². The van der Waals surface area contributed by atoms with E-state index in [-0.39, 0.29) is 11.3 Å². The molecule has 2 aromatic carbocycles. The number of para-hydroxylation sites is 1. The van der Waals surface area contributed by atoms with Crippen LogP contribution in [0.15, 0.2) is 59.5 Å². The van der Waals surface area contributed by atoms with E-state index in [4.69, 9.17) is 4.74 Å². The zero-order valence-corrected chi connectivity index (χ0v) is 16.8. The van der Waals surface area contributed by atoms with Gasteiger partial charge < -0.3 is 15.4 Å². The van der Waals surface area contributed by atoms with Crippen LogP contribution >= 0.6 is 11.8 Å². The minimum atomic E-state index is -4.64. The Morgan fingerprint density at radius 3 is 2.27 bits per heavy atom. The molecule has 0 aromatic heterocycles. The molecule has 5 nitrogen and oxygen atoms in total. The maximum atomic E-state index is 13.1. The van der Waals surface area contributed by atoms with Crippen molar-refractivity contribution >= 4 is 29.3 Å². The van der Waals surface area contributed by atoms with Gasteiger partial charge in [0.05, 0.1) is 11.3 Å². The fourth-order valence-corrected chi connectivity index (χ4v) is 4.45. The highest BCUT2D eigenvalue weighted by Gasteiger charge is 2.36. The van der Waals surface area contributed by atoms with Gasteiger partial charge in [0, 0.05) is 29.4 Å². The van der Waals surface area contributed by atoms with Gasteiger partial charge in [0.15, 0.2) is 0 Å². The number of ether oxygens (including phenoxy) is 1. The molecule has 0 spiro atoms. The van der Waals surface area contributed by atoms with Crippen molar-refractivity contribution in [1.29, 1.82) is 0 Å². The van der Waals surface area contributed by atoms with Crippen molar-refractivity contribution in [2.45, 2.75) is 28.7 Å². The van der Waals surface area contributed by atoms with E-state index in [0.29, 0.717) is 26.1 Å². The molecule has 0 unspecified atom stereocenters. The Morgan fingerprint density at radius 1 is 0.967 bits per heavy atom. The van der Waals surface area contributed by atoms with Crippen LogP contribution in [-0.4, -0.2) is 36.3 Å². The molecule has 0 radical (unpaired) electrons. The first-order chi connectivity index (χ1) is 14.3. The minimum absolute atomic E-state index is 0.198. The third-order valence-electron chi connectivity index (χ3n) is 4.74. The highest BCUT2D eigenvalue weighted by atomic mass is 32.2. The van der Waals surface area contributed by atoms with Crippen molar-refractivity contribution in [1.82, 2.24) is 5.32 Å². The zero-order chi connectivity index (χ0) is 21.6. The Kier molecular flexibility index (Phi) is 7.04. The molecule has 160 valence electrons. The van der Waals surface area contributed by atoms with Crippen LogP contribution in [0.2, 0.25) is 0 Å². The van der Waals surface area contributed by atoms with E-state index in [2.05, 4.69) is 10.6 Å². The molecule has 1 heterocycles. The van der Waals surface area contributed by atoms with Crippen LogP contribution in [0.1, 0.15) is 18.4 Å². The number of hydrogen-bond acceptors (Lipinski definition) is 4. The summed E-state index contributed by atoms with van der Waals surface area (Å²) in [6, 6.07) is 14.2. The summed E-state index contributed by atoms with van der Waals surface area (Å²) in [5.41, 5.74) is -1.46. The molecular formula is C21H21F3N2O3S. The number of thioether (sulfide) groups is 1. The van der Waals surface area contributed by atoms with Crippen molar-refractivity contribution in [2.24, 2.45) is 0 Å². The molecular weight excluding hydrogens is 417 g/mol. The van der Waals surface area contributed by atoms with Crippen LogP contribution in [0.4, 0.5) is 18.9 Å². The normalized spacial score (nSPS) is 16.0. The van der Waals surface area contributed by atoms with E-state index in [1.54, 1.807) is 11.8 Å². The molecule has 2 amide bonds. The average Bonchev–Trinajstić information content (AvgIpc) is 2.73. The largest absolute Gasteiger partial charge is 0.418 e. The lowest BCUT2D eigenvalue weighted by Crippen LogP contribution is -2.47. The predicted molar refractivity (Wildman–Crippen MR) is 108 cm³/mol. The van der Waals surface area contributed by atoms with Crippen LogP contribution < -0.4 is 10.6 Å². The van der Waals surface area contributed by atoms with Gasteiger partial charge in [-0.2, -0.15) is 13.2 Å². The molecule has 0 atom stereocenters. The smallest absolute Gasteiger partial charge is 0.381 e. The number of anilines is 1. The quantitative estimate of drug-likeness (QED) is 0.690. The van der Waals surface area contributed by atoms with E-state index in [0.717, 1.165) is 17.0 Å². The van der Waals surface area contributed by atoms with Gasteiger partial charge in [0.1, 0.15) is 0 Å². The first kappa shape index (κ1) is 22.2. The third-order valence-corrected chi connectivity index (χ3v) is 6.23. The number of nitrogens with one attached hydrogen (secondary N) is 2. The van der Waals surface area contributed by atoms with Crippen molar-refractivity contribution in [3.05, 3.63) is 60.2 Å². The molecule has 1 fully saturated rings. The maximum Gasteiger partial charge on any atom is 0.418 e. The van der Waals surface area contributed by atoms with E-state index in [1.807, 2.05) is 30.3 Å². The summed E-state index contributed by atoms with van der Waals surface area (Å²) in [5.74, 6) is -2.12. The Bertz CT molecular complexity index is 885. The molecule has 0 aliphatic carbocycles. The predicted octanol–water partition coefficient (Wildman–Crippen LogP) is 4.10. The van der Waals surface area contributed by atoms with Crippen LogP contribution in [0.3, 0.4) is 0 Å². The molecule has 30 heavy (non-hydrogen) atoms. The number of hydrogen-bond donors (Lipinski definition) is 2. The molecule has 0 saturated carbocycles. The second-order valence-electron chi connectivity index (χ2n) is 6.89. The van der Waals surface area contributed by atoms with Crippen LogP contribution in [0.25, 0.3) is 0 Å². The van der Waals surface area contributed by atoms with Crippen LogP contribution in [0, 0.1) is 0 Å². The second-order valence-corrected chi connectivity index (χ2v) is 8.43. The van der Waals surface area contributed by atoms with Gasteiger partial charge in [-0.05, 0) is 37.1 Å². The van der Waals surface area contributed by atoms with Gasteiger partial charge >= 0.3 is 18.0 Å². The second kappa shape index (κ2) is 9.53. The van der Waals surface area contributed by atoms with Gasteiger partial charge in [-0.1, -0.05) is 30.3 Å². The first-order valence-electron chi connectivity index (χ1n) is 9.36. The summed E-state index contributed by atoms with van der Waals surface area (Å²) in [5, 5.41) is 4.65. The van der Waals surface area contributed by atoms with Gasteiger partial charge in [-0.3, -0.25) is 9.59 Å². The first-order valence-corrected chi connectivity index (χ1v) is 10.2. The lowest BCUT2D eigenvalue weighted by Gasteiger charge is -2.36. The topological polar surface area (TPSA) is 67.4 Å². The molecule has 1 aliphatic heterocycles. The van der Waals surface area contributed by atoms with Crippen molar-refractivity contribution < 1.29 is 27.5 Å². The maximum absolute atomic E-state index is 13.1. The standard InChI is InChI=1S/C21H21F3N2O3S/c22-21(23,24)16-8-4-5-9-17(16)26-19(28)18(27)25-14-20(10-12-29-13-11-20)30-15-6-2-1-3-7-15/h1-9H,10-14H2,(H,25,27)(H,26,28). The summed E-state index contributed by atoms with van der Waals surface area (Å²) < 4.78 is 44.3. The van der Waals surface area contributed by atoms with E-state index < -0.39 is 29.2 Å². The average molecular weight is 438 g/mol. The molecule has 3 rings (SSSR count). The molecule has 2 N–H and O–H groups in total. The molecule has 9 heteroatoms. The minimum Gasteiger partial charge on any atom is -0.381 e. The third kappa shape index (κ3) is 5.76. The number of carbonyl (C=O) groups excluding carboxylic acids is 2. The highest BCUT2D eigenvalue weighted by Crippen LogP contribution is 2.40. The SMILES string of the molecule is O=C(NCC1(Sc2ccccc2)CCOCC1)C(=O)Nc1ccccc1C(F)(F)F. The van der Waals surface area contributed by atoms with E-state index in [1.165, 1.54) is 12.1 Å². The fourth-order valence-electron chi connectivity index (χ4n) is 3.14. The molecule has 0 bridgehead atoms. The zero-order valence-electron chi connectivity index (χ0n) is 16.0. The number of benzene rings is 2. The van der Waals surface area contributed by atoms with Crippen LogP contribution in [-0.2, 0) is 20.5 Å². The van der Waals surface area contributed by atoms with Crippen molar-refractivity contribution in [3.63, 3.8) is 0 Å². The van der Waals surface area contributed by atoms with Crippen LogP contribution in [0.5, 0.6) is 0 Å². The fraction of sp³-hybridized carbons (Fsp3) is 0.333.